The molecule has 0 fully saturated rings. The summed E-state index contributed by atoms with van der Waals surface area (Å²) in [5.74, 6) is -0.472. The summed E-state index contributed by atoms with van der Waals surface area (Å²) in [4.78, 5) is 25.0. The highest BCUT2D eigenvalue weighted by Crippen LogP contribution is 2.33. The predicted octanol–water partition coefficient (Wildman–Crippen LogP) is 2.17. The van der Waals surface area contributed by atoms with Crippen LogP contribution in [0.15, 0.2) is 22.7 Å². The normalized spacial score (nSPS) is 12.7. The Balaban J connectivity index is 2.35. The summed E-state index contributed by atoms with van der Waals surface area (Å²) in [7, 11) is 0. The van der Waals surface area contributed by atoms with Gasteiger partial charge in [-0.3, -0.25) is 10.1 Å². The second-order valence-electron chi connectivity index (χ2n) is 5.73. The first-order chi connectivity index (χ1) is 11.1. The van der Waals surface area contributed by atoms with Crippen molar-refractivity contribution in [3.05, 3.63) is 51.4 Å². The number of nitrogens with one attached hydrogen (secondary N) is 1. The molecule has 0 saturated heterocycles. The number of carbonyl (C=O) groups is 1. The molecule has 0 unspecified atom stereocenters. The smallest absolute Gasteiger partial charge is 0.312 e. The van der Waals surface area contributed by atoms with E-state index in [4.69, 9.17) is 10.3 Å². The zero-order valence-electron chi connectivity index (χ0n) is 13.2. The fourth-order valence-corrected chi connectivity index (χ4v) is 2.18. The van der Waals surface area contributed by atoms with Gasteiger partial charge in [0.25, 0.3) is 5.69 Å². The number of amides is 2. The standard InChI is InChI=1S/C14H16FN5O4/c1-7(17-13(16)21)11-18-12(24-19-11)14(2,3)9-5-4-8(20(22)23)6-10(9)15/h4-7H,1-3H3,(H3,16,17,21)/t7-/m1/s1. The molecule has 0 radical (unpaired) electrons. The molecule has 0 bridgehead atoms. The Labute approximate surface area is 136 Å². The lowest BCUT2D eigenvalue weighted by atomic mass is 9.84. The first kappa shape index (κ1) is 17.3. The van der Waals surface area contributed by atoms with E-state index in [9.17, 15) is 19.3 Å². The fourth-order valence-electron chi connectivity index (χ4n) is 2.18. The van der Waals surface area contributed by atoms with Gasteiger partial charge in [0, 0.05) is 11.6 Å². The summed E-state index contributed by atoms with van der Waals surface area (Å²) in [5, 5.41) is 16.9. The Bertz CT molecular complexity index is 789. The van der Waals surface area contributed by atoms with Gasteiger partial charge in [-0.2, -0.15) is 4.98 Å². The number of nitro groups is 1. The van der Waals surface area contributed by atoms with Crippen molar-refractivity contribution in [2.75, 3.05) is 0 Å². The molecule has 10 heteroatoms. The Hall–Kier alpha value is -3.04. The van der Waals surface area contributed by atoms with Crippen molar-refractivity contribution in [3.63, 3.8) is 0 Å². The zero-order valence-corrected chi connectivity index (χ0v) is 13.2. The third-order valence-corrected chi connectivity index (χ3v) is 3.56. The van der Waals surface area contributed by atoms with Gasteiger partial charge in [0.15, 0.2) is 5.82 Å². The summed E-state index contributed by atoms with van der Waals surface area (Å²) in [5.41, 5.74) is 3.82. The highest BCUT2D eigenvalue weighted by atomic mass is 19.1. The quantitative estimate of drug-likeness (QED) is 0.633. The number of nitrogens with zero attached hydrogens (tertiary/aromatic N) is 3. The van der Waals surface area contributed by atoms with Gasteiger partial charge in [0.05, 0.1) is 22.4 Å². The second kappa shape index (κ2) is 6.22. The summed E-state index contributed by atoms with van der Waals surface area (Å²) < 4.78 is 19.4. The van der Waals surface area contributed by atoms with Crippen LogP contribution in [0.25, 0.3) is 0 Å². The molecule has 1 atom stereocenters. The number of nitro benzene ring substituents is 1. The minimum Gasteiger partial charge on any atom is -0.352 e. The molecule has 2 aromatic rings. The minimum atomic E-state index is -1.03. The number of urea groups is 1. The van der Waals surface area contributed by atoms with Gasteiger partial charge < -0.3 is 15.6 Å². The highest BCUT2D eigenvalue weighted by molar-refractivity contribution is 5.71. The third kappa shape index (κ3) is 3.31. The van der Waals surface area contributed by atoms with Crippen LogP contribution in [-0.2, 0) is 5.41 Å². The molecule has 24 heavy (non-hydrogen) atoms. The average Bonchev–Trinajstić information content (AvgIpc) is 2.96. The molecule has 0 saturated carbocycles. The van der Waals surface area contributed by atoms with Gasteiger partial charge in [-0.25, -0.2) is 9.18 Å². The van der Waals surface area contributed by atoms with Crippen molar-refractivity contribution in [3.8, 4) is 0 Å². The van der Waals surface area contributed by atoms with Gasteiger partial charge in [-0.05, 0) is 26.8 Å². The van der Waals surface area contributed by atoms with Gasteiger partial charge >= 0.3 is 6.03 Å². The van der Waals surface area contributed by atoms with Crippen molar-refractivity contribution >= 4 is 11.7 Å². The molecule has 2 amide bonds. The SMILES string of the molecule is C[C@@H](NC(N)=O)c1noc(C(C)(C)c2ccc([N+](=O)[O-])cc2F)n1. The van der Waals surface area contributed by atoms with Crippen LogP contribution in [0.2, 0.25) is 0 Å². The van der Waals surface area contributed by atoms with Crippen LogP contribution < -0.4 is 11.1 Å². The predicted molar refractivity (Wildman–Crippen MR) is 80.6 cm³/mol. The number of carbonyl (C=O) groups excluding carboxylic acids is 1. The summed E-state index contributed by atoms with van der Waals surface area (Å²) in [6.45, 7) is 4.89. The lowest BCUT2D eigenvalue weighted by Gasteiger charge is -2.20. The monoisotopic (exact) mass is 337 g/mol. The van der Waals surface area contributed by atoms with E-state index in [1.165, 1.54) is 12.1 Å². The number of benzene rings is 1. The molecule has 0 spiro atoms. The molecule has 9 nitrogen and oxygen atoms in total. The maximum Gasteiger partial charge on any atom is 0.312 e. The molecule has 1 aromatic carbocycles. The van der Waals surface area contributed by atoms with Crippen molar-refractivity contribution < 1.29 is 18.6 Å². The van der Waals surface area contributed by atoms with Crippen molar-refractivity contribution in [2.45, 2.75) is 32.2 Å². The van der Waals surface area contributed by atoms with Crippen LogP contribution >= 0.6 is 0 Å². The number of halogens is 1. The number of nitrogens with two attached hydrogens (primary N) is 1. The lowest BCUT2D eigenvalue weighted by molar-refractivity contribution is -0.385. The van der Waals surface area contributed by atoms with Crippen LogP contribution in [-0.4, -0.2) is 21.1 Å². The van der Waals surface area contributed by atoms with E-state index in [1.54, 1.807) is 20.8 Å². The number of hydrogen-bond acceptors (Lipinski definition) is 6. The molecule has 2 rings (SSSR count). The number of hydrogen-bond donors (Lipinski definition) is 2. The van der Waals surface area contributed by atoms with E-state index < -0.39 is 28.2 Å². The van der Waals surface area contributed by atoms with E-state index in [0.29, 0.717) is 0 Å². The molecular formula is C14H16FN5O4. The topological polar surface area (TPSA) is 137 Å². The molecule has 3 N–H and O–H groups in total. The molecule has 0 aliphatic rings. The number of non-ortho nitro benzene ring substituents is 1. The zero-order chi connectivity index (χ0) is 18.1. The molecule has 1 heterocycles. The van der Waals surface area contributed by atoms with Crippen LogP contribution in [0.5, 0.6) is 0 Å². The Morgan fingerprint density at radius 2 is 2.17 bits per heavy atom. The van der Waals surface area contributed by atoms with Crippen LogP contribution in [0, 0.1) is 15.9 Å². The summed E-state index contributed by atoms with van der Waals surface area (Å²) in [6, 6.07) is 2.02. The number of rotatable bonds is 5. The molecule has 1 aromatic heterocycles. The van der Waals surface area contributed by atoms with Gasteiger partial charge in [0.2, 0.25) is 5.89 Å². The van der Waals surface area contributed by atoms with Crippen LogP contribution in [0.4, 0.5) is 14.9 Å². The van der Waals surface area contributed by atoms with Crippen molar-refractivity contribution in [1.29, 1.82) is 0 Å². The largest absolute Gasteiger partial charge is 0.352 e. The second-order valence-corrected chi connectivity index (χ2v) is 5.73. The van der Waals surface area contributed by atoms with Gasteiger partial charge in [-0.1, -0.05) is 5.16 Å². The van der Waals surface area contributed by atoms with Crippen LogP contribution in [0.1, 0.15) is 44.1 Å². The van der Waals surface area contributed by atoms with E-state index >= 15 is 0 Å². The van der Waals surface area contributed by atoms with Crippen molar-refractivity contribution in [2.24, 2.45) is 5.73 Å². The van der Waals surface area contributed by atoms with Crippen LogP contribution in [0.3, 0.4) is 0 Å². The molecule has 128 valence electrons. The fraction of sp³-hybridized carbons (Fsp3) is 0.357. The van der Waals surface area contributed by atoms with E-state index in [0.717, 1.165) is 6.07 Å². The maximum absolute atomic E-state index is 14.3. The first-order valence-electron chi connectivity index (χ1n) is 6.97. The molecule has 0 aliphatic heterocycles. The summed E-state index contributed by atoms with van der Waals surface area (Å²) >= 11 is 0. The van der Waals surface area contributed by atoms with Crippen molar-refractivity contribution in [1.82, 2.24) is 15.5 Å². The molecule has 0 aliphatic carbocycles. The first-order valence-corrected chi connectivity index (χ1v) is 6.97. The maximum atomic E-state index is 14.3. The number of primary amides is 1. The Morgan fingerprint density at radius 3 is 2.71 bits per heavy atom. The van der Waals surface area contributed by atoms with E-state index in [2.05, 4.69) is 15.5 Å². The minimum absolute atomic E-state index is 0.100. The number of aromatic nitrogens is 2. The lowest BCUT2D eigenvalue weighted by Crippen LogP contribution is -2.32. The summed E-state index contributed by atoms with van der Waals surface area (Å²) in [6.07, 6.45) is 0. The molecular weight excluding hydrogens is 321 g/mol. The highest BCUT2D eigenvalue weighted by Gasteiger charge is 2.34. The van der Waals surface area contributed by atoms with Gasteiger partial charge in [-0.15, -0.1) is 0 Å². The average molecular weight is 337 g/mol. The Kier molecular flexibility index (Phi) is 4.49. The third-order valence-electron chi connectivity index (χ3n) is 3.56. The van der Waals surface area contributed by atoms with Gasteiger partial charge in [0.1, 0.15) is 5.82 Å². The van der Waals surface area contributed by atoms with E-state index in [1.807, 2.05) is 0 Å². The van der Waals surface area contributed by atoms with E-state index in [-0.39, 0.29) is 23.0 Å². The Morgan fingerprint density at radius 1 is 1.50 bits per heavy atom.